The molecule has 0 unspecified atom stereocenters. The molecule has 3 N–H and O–H groups in total. The summed E-state index contributed by atoms with van der Waals surface area (Å²) >= 11 is 0. The van der Waals surface area contributed by atoms with Crippen molar-refractivity contribution in [1.29, 1.82) is 0 Å². The van der Waals surface area contributed by atoms with Gasteiger partial charge in [-0.1, -0.05) is 18.9 Å². The van der Waals surface area contributed by atoms with E-state index in [1.165, 1.54) is 19.3 Å². The van der Waals surface area contributed by atoms with Crippen LogP contribution in [0.15, 0.2) is 18.2 Å². The highest BCUT2D eigenvalue weighted by atomic mass is 16.3. The average molecular weight is 262 g/mol. The van der Waals surface area contributed by atoms with Crippen LogP contribution in [-0.4, -0.2) is 41.3 Å². The van der Waals surface area contributed by atoms with E-state index in [1.807, 2.05) is 6.07 Å². The summed E-state index contributed by atoms with van der Waals surface area (Å²) in [5.41, 5.74) is 1.13. The highest BCUT2D eigenvalue weighted by Crippen LogP contribution is 2.41. The number of nitrogens with zero attached hydrogens (tertiary/aromatic N) is 1. The molecule has 1 aliphatic heterocycles. The highest BCUT2D eigenvalue weighted by Gasteiger charge is 2.30. The first-order valence-electron chi connectivity index (χ1n) is 7.20. The van der Waals surface area contributed by atoms with Crippen molar-refractivity contribution in [2.75, 3.05) is 26.2 Å². The summed E-state index contributed by atoms with van der Waals surface area (Å²) in [6, 6.07) is 5.66. The van der Waals surface area contributed by atoms with Crippen molar-refractivity contribution in [3.8, 4) is 11.5 Å². The molecule has 0 radical (unpaired) electrons. The second-order valence-electron chi connectivity index (χ2n) is 5.73. The molecule has 1 heterocycles. The standard InChI is InChI=1S/C15H22N2O2/c18-14-4-3-12(10-15(14)19)13(9-11-1-2-11)17-7-5-16-6-8-17/h3-4,10-11,13,16,18-19H,1-2,5-9H2/t13-/m0/s1. The molecular weight excluding hydrogens is 240 g/mol. The fraction of sp³-hybridized carbons (Fsp3) is 0.600. The van der Waals surface area contributed by atoms with Crippen LogP contribution in [0.2, 0.25) is 0 Å². The highest BCUT2D eigenvalue weighted by molar-refractivity contribution is 5.41. The number of aromatic hydroxyl groups is 2. The van der Waals surface area contributed by atoms with Gasteiger partial charge in [0.2, 0.25) is 0 Å². The van der Waals surface area contributed by atoms with Crippen LogP contribution < -0.4 is 5.32 Å². The number of nitrogens with one attached hydrogen (secondary N) is 1. The third kappa shape index (κ3) is 3.01. The molecule has 2 fully saturated rings. The normalized spacial score (nSPS) is 22.3. The zero-order valence-electron chi connectivity index (χ0n) is 11.2. The van der Waals surface area contributed by atoms with E-state index in [4.69, 9.17) is 0 Å². The molecule has 3 rings (SSSR count). The Kier molecular flexibility index (Phi) is 3.62. The van der Waals surface area contributed by atoms with Gasteiger partial charge in [-0.3, -0.25) is 4.90 Å². The zero-order chi connectivity index (χ0) is 13.2. The summed E-state index contributed by atoms with van der Waals surface area (Å²) in [4.78, 5) is 2.50. The molecule has 4 heteroatoms. The first-order chi connectivity index (χ1) is 9.24. The number of hydrogen-bond acceptors (Lipinski definition) is 4. The Balaban J connectivity index is 1.81. The van der Waals surface area contributed by atoms with Crippen molar-refractivity contribution in [1.82, 2.24) is 10.2 Å². The van der Waals surface area contributed by atoms with Gasteiger partial charge in [0.05, 0.1) is 0 Å². The lowest BCUT2D eigenvalue weighted by Gasteiger charge is -2.35. The molecule has 0 aromatic heterocycles. The lowest BCUT2D eigenvalue weighted by Crippen LogP contribution is -2.45. The van der Waals surface area contributed by atoms with Crippen LogP contribution in [0.1, 0.15) is 30.9 Å². The van der Waals surface area contributed by atoms with E-state index >= 15 is 0 Å². The maximum Gasteiger partial charge on any atom is 0.157 e. The summed E-state index contributed by atoms with van der Waals surface area (Å²) in [7, 11) is 0. The number of hydrogen-bond donors (Lipinski definition) is 3. The molecule has 1 atom stereocenters. The van der Waals surface area contributed by atoms with Gasteiger partial charge in [0.15, 0.2) is 11.5 Å². The van der Waals surface area contributed by atoms with Gasteiger partial charge in [0.1, 0.15) is 0 Å². The van der Waals surface area contributed by atoms with Gasteiger partial charge in [-0.25, -0.2) is 0 Å². The van der Waals surface area contributed by atoms with Crippen LogP contribution in [0.4, 0.5) is 0 Å². The summed E-state index contributed by atoms with van der Waals surface area (Å²) in [6.07, 6.45) is 3.85. The van der Waals surface area contributed by atoms with Gasteiger partial charge in [0, 0.05) is 32.2 Å². The molecule has 0 spiro atoms. The minimum Gasteiger partial charge on any atom is -0.504 e. The largest absolute Gasteiger partial charge is 0.504 e. The Labute approximate surface area is 114 Å². The van der Waals surface area contributed by atoms with Gasteiger partial charge >= 0.3 is 0 Å². The monoisotopic (exact) mass is 262 g/mol. The quantitative estimate of drug-likeness (QED) is 0.725. The van der Waals surface area contributed by atoms with Crippen LogP contribution >= 0.6 is 0 Å². The number of phenolic OH excluding ortho intramolecular Hbond substituents is 2. The average Bonchev–Trinajstić information content (AvgIpc) is 3.24. The van der Waals surface area contributed by atoms with E-state index in [9.17, 15) is 10.2 Å². The van der Waals surface area contributed by atoms with E-state index in [1.54, 1.807) is 12.1 Å². The predicted molar refractivity (Wildman–Crippen MR) is 74.3 cm³/mol. The number of benzene rings is 1. The molecule has 1 aromatic rings. The summed E-state index contributed by atoms with van der Waals surface area (Å²) in [5, 5.41) is 22.6. The summed E-state index contributed by atoms with van der Waals surface area (Å²) < 4.78 is 0. The topological polar surface area (TPSA) is 55.7 Å². The maximum absolute atomic E-state index is 9.72. The molecule has 1 aliphatic carbocycles. The summed E-state index contributed by atoms with van der Waals surface area (Å²) in [6.45, 7) is 4.18. The van der Waals surface area contributed by atoms with Crippen molar-refractivity contribution >= 4 is 0 Å². The van der Waals surface area contributed by atoms with Crippen LogP contribution in [-0.2, 0) is 0 Å². The molecule has 19 heavy (non-hydrogen) atoms. The van der Waals surface area contributed by atoms with Crippen molar-refractivity contribution in [2.45, 2.75) is 25.3 Å². The van der Waals surface area contributed by atoms with Crippen molar-refractivity contribution < 1.29 is 10.2 Å². The Bertz CT molecular complexity index is 440. The third-order valence-corrected chi connectivity index (χ3v) is 4.23. The van der Waals surface area contributed by atoms with Crippen LogP contribution in [0.25, 0.3) is 0 Å². The Morgan fingerprint density at radius 1 is 1.16 bits per heavy atom. The molecule has 0 bridgehead atoms. The fourth-order valence-corrected chi connectivity index (χ4v) is 2.91. The van der Waals surface area contributed by atoms with Crippen molar-refractivity contribution in [2.24, 2.45) is 5.92 Å². The Morgan fingerprint density at radius 3 is 2.53 bits per heavy atom. The van der Waals surface area contributed by atoms with E-state index in [0.717, 1.165) is 37.7 Å². The molecule has 4 nitrogen and oxygen atoms in total. The van der Waals surface area contributed by atoms with Gasteiger partial charge in [-0.05, 0) is 30.0 Å². The SMILES string of the molecule is Oc1ccc([C@H](CC2CC2)N2CCNCC2)cc1O. The maximum atomic E-state index is 9.72. The van der Waals surface area contributed by atoms with E-state index in [-0.39, 0.29) is 11.5 Å². The third-order valence-electron chi connectivity index (χ3n) is 4.23. The fourth-order valence-electron chi connectivity index (χ4n) is 2.91. The van der Waals surface area contributed by atoms with Gasteiger partial charge < -0.3 is 15.5 Å². The van der Waals surface area contributed by atoms with Crippen molar-refractivity contribution in [3.63, 3.8) is 0 Å². The first kappa shape index (κ1) is 12.8. The van der Waals surface area contributed by atoms with Crippen LogP contribution in [0.5, 0.6) is 11.5 Å². The molecular formula is C15H22N2O2. The second kappa shape index (κ2) is 5.39. The van der Waals surface area contributed by atoms with E-state index < -0.39 is 0 Å². The molecule has 1 saturated heterocycles. The van der Waals surface area contributed by atoms with Crippen LogP contribution in [0, 0.1) is 5.92 Å². The van der Waals surface area contributed by atoms with Gasteiger partial charge in [0.25, 0.3) is 0 Å². The number of phenols is 2. The predicted octanol–water partition coefficient (Wildman–Crippen LogP) is 1.84. The minimum atomic E-state index is -0.0331. The van der Waals surface area contributed by atoms with E-state index in [2.05, 4.69) is 10.2 Å². The molecule has 1 aromatic carbocycles. The number of rotatable bonds is 4. The molecule has 1 saturated carbocycles. The lowest BCUT2D eigenvalue weighted by atomic mass is 9.98. The molecule has 2 aliphatic rings. The molecule has 0 amide bonds. The minimum absolute atomic E-state index is 0.00608. The molecule has 104 valence electrons. The lowest BCUT2D eigenvalue weighted by molar-refractivity contribution is 0.160. The van der Waals surface area contributed by atoms with Crippen LogP contribution in [0.3, 0.4) is 0 Å². The summed E-state index contributed by atoms with van der Waals surface area (Å²) in [5.74, 6) is 0.804. The number of piperazine rings is 1. The Morgan fingerprint density at radius 2 is 1.89 bits per heavy atom. The van der Waals surface area contributed by atoms with E-state index in [0.29, 0.717) is 6.04 Å². The smallest absolute Gasteiger partial charge is 0.157 e. The van der Waals surface area contributed by atoms with Gasteiger partial charge in [-0.2, -0.15) is 0 Å². The second-order valence-corrected chi connectivity index (χ2v) is 5.73. The zero-order valence-corrected chi connectivity index (χ0v) is 11.2. The Hall–Kier alpha value is -1.26. The first-order valence-corrected chi connectivity index (χ1v) is 7.20. The van der Waals surface area contributed by atoms with Crippen molar-refractivity contribution in [3.05, 3.63) is 23.8 Å². The van der Waals surface area contributed by atoms with Gasteiger partial charge in [-0.15, -0.1) is 0 Å².